The van der Waals surface area contributed by atoms with Gasteiger partial charge in [-0.05, 0) is 40.2 Å². The van der Waals surface area contributed by atoms with Gasteiger partial charge >= 0.3 is 18.4 Å². The highest BCUT2D eigenvalue weighted by Gasteiger charge is 2.31. The molecule has 0 heterocycles. The van der Waals surface area contributed by atoms with Crippen LogP contribution in [0.2, 0.25) is 0 Å². The van der Waals surface area contributed by atoms with Crippen LogP contribution in [0.15, 0.2) is 40.9 Å². The zero-order chi connectivity index (χ0) is 20.9. The predicted molar refractivity (Wildman–Crippen MR) is 97.8 cm³/mol. The number of carbonyl (C=O) groups excluding carboxylic acids is 1. The Hall–Kier alpha value is -2.95. The summed E-state index contributed by atoms with van der Waals surface area (Å²) in [6.45, 7) is 0. The van der Waals surface area contributed by atoms with Gasteiger partial charge in [0.1, 0.15) is 11.5 Å². The number of carboxylic acids is 1. The van der Waals surface area contributed by atoms with Crippen LogP contribution in [0, 0.1) is 0 Å². The number of hydrogen-bond acceptors (Lipinski definition) is 4. The molecule has 2 rings (SSSR count). The van der Waals surface area contributed by atoms with E-state index in [4.69, 9.17) is 9.84 Å². The maximum atomic E-state index is 12.2. The smallest absolute Gasteiger partial charge is 0.496 e. The number of hydrogen-bond donors (Lipinski definition) is 3. The van der Waals surface area contributed by atoms with Crippen molar-refractivity contribution >= 4 is 39.3 Å². The third kappa shape index (κ3) is 6.34. The van der Waals surface area contributed by atoms with Crippen LogP contribution in [0.1, 0.15) is 5.56 Å². The van der Waals surface area contributed by atoms with E-state index in [1.165, 1.54) is 31.4 Å². The molecule has 11 heteroatoms. The molecule has 0 aliphatic heterocycles. The first-order chi connectivity index (χ1) is 13.1. The highest BCUT2D eigenvalue weighted by atomic mass is 79.9. The number of nitrogens with one attached hydrogen (secondary N) is 2. The molecular formula is C17H14BrF3N2O5. The van der Waals surface area contributed by atoms with Crippen LogP contribution in [0.3, 0.4) is 0 Å². The topological polar surface area (TPSA) is 96.9 Å². The van der Waals surface area contributed by atoms with Crippen molar-refractivity contribution in [1.82, 2.24) is 0 Å². The van der Waals surface area contributed by atoms with Crippen LogP contribution in [-0.2, 0) is 11.2 Å². The molecule has 0 saturated heterocycles. The Kier molecular flexibility index (Phi) is 6.73. The summed E-state index contributed by atoms with van der Waals surface area (Å²) in [5.41, 5.74) is 0.974. The van der Waals surface area contributed by atoms with Gasteiger partial charge in [0.2, 0.25) is 0 Å². The van der Waals surface area contributed by atoms with Crippen LogP contribution in [0.5, 0.6) is 11.5 Å². The number of urea groups is 1. The molecule has 150 valence electrons. The maximum absolute atomic E-state index is 12.2. The average molecular weight is 463 g/mol. The molecule has 2 amide bonds. The number of amides is 2. The Morgan fingerprint density at radius 2 is 1.86 bits per heavy atom. The summed E-state index contributed by atoms with van der Waals surface area (Å²) in [4.78, 5) is 22.9. The van der Waals surface area contributed by atoms with Crippen molar-refractivity contribution in [2.24, 2.45) is 0 Å². The van der Waals surface area contributed by atoms with Gasteiger partial charge in [-0.15, -0.1) is 13.2 Å². The maximum Gasteiger partial charge on any atom is 0.573 e. The number of ether oxygens (including phenoxy) is 2. The van der Waals surface area contributed by atoms with E-state index in [-0.39, 0.29) is 22.3 Å². The van der Waals surface area contributed by atoms with Crippen molar-refractivity contribution in [2.75, 3.05) is 17.7 Å². The normalized spacial score (nSPS) is 10.9. The van der Waals surface area contributed by atoms with Gasteiger partial charge in [0.25, 0.3) is 0 Å². The van der Waals surface area contributed by atoms with Crippen molar-refractivity contribution in [2.45, 2.75) is 12.8 Å². The fourth-order valence-corrected chi connectivity index (χ4v) is 2.67. The lowest BCUT2D eigenvalue weighted by molar-refractivity contribution is -0.274. The number of alkyl halides is 3. The average Bonchev–Trinajstić information content (AvgIpc) is 2.57. The quantitative estimate of drug-likeness (QED) is 0.581. The summed E-state index contributed by atoms with van der Waals surface area (Å²) in [7, 11) is 1.37. The summed E-state index contributed by atoms with van der Waals surface area (Å²) in [6, 6.07) is 7.13. The first-order valence-corrected chi connectivity index (χ1v) is 8.38. The molecule has 0 radical (unpaired) electrons. The van der Waals surface area contributed by atoms with Crippen LogP contribution < -0.4 is 20.1 Å². The van der Waals surface area contributed by atoms with Gasteiger partial charge < -0.3 is 25.2 Å². The van der Waals surface area contributed by atoms with Crippen molar-refractivity contribution < 1.29 is 37.3 Å². The minimum Gasteiger partial charge on any atom is -0.496 e. The minimum atomic E-state index is -4.82. The SMILES string of the molecule is COc1cc(NC(=O)Nc2ccc(OC(F)(F)F)cc2Br)ccc1CC(=O)O. The fourth-order valence-electron chi connectivity index (χ4n) is 2.21. The van der Waals surface area contributed by atoms with E-state index in [0.717, 1.165) is 12.1 Å². The van der Waals surface area contributed by atoms with Gasteiger partial charge in [-0.25, -0.2) is 4.79 Å². The molecule has 0 fully saturated rings. The molecular weight excluding hydrogens is 449 g/mol. The monoisotopic (exact) mass is 462 g/mol. The Morgan fingerprint density at radius 3 is 2.43 bits per heavy atom. The van der Waals surface area contributed by atoms with Crippen molar-refractivity contribution in [3.63, 3.8) is 0 Å². The van der Waals surface area contributed by atoms with Gasteiger partial charge in [-0.3, -0.25) is 4.79 Å². The lowest BCUT2D eigenvalue weighted by Gasteiger charge is -2.13. The van der Waals surface area contributed by atoms with Crippen LogP contribution in [0.25, 0.3) is 0 Å². The lowest BCUT2D eigenvalue weighted by atomic mass is 10.1. The molecule has 0 spiro atoms. The zero-order valence-corrected chi connectivity index (χ0v) is 15.8. The highest BCUT2D eigenvalue weighted by molar-refractivity contribution is 9.10. The zero-order valence-electron chi connectivity index (χ0n) is 14.3. The number of anilines is 2. The molecule has 0 aliphatic rings. The molecule has 3 N–H and O–H groups in total. The van der Waals surface area contributed by atoms with Gasteiger partial charge in [0, 0.05) is 21.8 Å². The number of halogens is 4. The number of methoxy groups -OCH3 is 1. The van der Waals surface area contributed by atoms with E-state index in [1.807, 2.05) is 0 Å². The first kappa shape index (κ1) is 21.4. The van der Waals surface area contributed by atoms with E-state index in [1.54, 1.807) is 0 Å². The molecule has 28 heavy (non-hydrogen) atoms. The minimum absolute atomic E-state index is 0.179. The molecule has 7 nitrogen and oxygen atoms in total. The van der Waals surface area contributed by atoms with Crippen molar-refractivity contribution in [3.05, 3.63) is 46.4 Å². The summed E-state index contributed by atoms with van der Waals surface area (Å²) in [5, 5.41) is 13.8. The second-order valence-electron chi connectivity index (χ2n) is 5.37. The van der Waals surface area contributed by atoms with E-state index < -0.39 is 24.1 Å². The first-order valence-electron chi connectivity index (χ1n) is 7.59. The van der Waals surface area contributed by atoms with Gasteiger partial charge in [-0.1, -0.05) is 6.07 Å². The second kappa shape index (κ2) is 8.83. The molecule has 0 atom stereocenters. The molecule has 2 aromatic carbocycles. The van der Waals surface area contributed by atoms with Gasteiger partial charge in [0.15, 0.2) is 0 Å². The van der Waals surface area contributed by atoms with Crippen molar-refractivity contribution in [3.8, 4) is 11.5 Å². The fraction of sp³-hybridized carbons (Fsp3) is 0.176. The van der Waals surface area contributed by atoms with Crippen LogP contribution in [-0.4, -0.2) is 30.6 Å². The summed E-state index contributed by atoms with van der Waals surface area (Å²) < 4.78 is 45.8. The van der Waals surface area contributed by atoms with E-state index in [2.05, 4.69) is 31.3 Å². The third-order valence-electron chi connectivity index (χ3n) is 3.31. The number of carbonyl (C=O) groups is 2. The molecule has 0 bridgehead atoms. The molecule has 0 saturated carbocycles. The number of benzene rings is 2. The summed E-state index contributed by atoms with van der Waals surface area (Å²) >= 11 is 3.06. The standard InChI is InChI=1S/C17H14BrF3N2O5/c1-27-14-7-10(3-2-9(14)6-15(24)25)22-16(26)23-13-5-4-11(8-12(13)18)28-17(19,20)21/h2-5,7-8H,6H2,1H3,(H,24,25)(H2,22,23,26). The second-order valence-corrected chi connectivity index (χ2v) is 6.22. The Bertz CT molecular complexity index is 890. The van der Waals surface area contributed by atoms with E-state index in [0.29, 0.717) is 11.3 Å². The Labute approximate surface area is 165 Å². The van der Waals surface area contributed by atoms with Crippen LogP contribution in [0.4, 0.5) is 29.3 Å². The predicted octanol–water partition coefficient (Wildman–Crippen LogP) is 4.63. The molecule has 2 aromatic rings. The van der Waals surface area contributed by atoms with Gasteiger partial charge in [-0.2, -0.15) is 0 Å². The highest BCUT2D eigenvalue weighted by Crippen LogP contribution is 2.31. The van der Waals surface area contributed by atoms with Gasteiger partial charge in [0.05, 0.1) is 19.2 Å². The third-order valence-corrected chi connectivity index (χ3v) is 3.97. The molecule has 0 unspecified atom stereocenters. The lowest BCUT2D eigenvalue weighted by Crippen LogP contribution is -2.20. The largest absolute Gasteiger partial charge is 0.573 e. The number of rotatable bonds is 6. The summed E-state index contributed by atoms with van der Waals surface area (Å²) in [6.07, 6.45) is -5.06. The molecule has 0 aliphatic carbocycles. The molecule has 0 aromatic heterocycles. The Balaban J connectivity index is 2.07. The van der Waals surface area contributed by atoms with Crippen LogP contribution >= 0.6 is 15.9 Å². The number of aliphatic carboxylic acids is 1. The summed E-state index contributed by atoms with van der Waals surface area (Å²) in [5.74, 6) is -1.18. The Morgan fingerprint density at radius 1 is 1.14 bits per heavy atom. The van der Waals surface area contributed by atoms with E-state index >= 15 is 0 Å². The van der Waals surface area contributed by atoms with Crippen molar-refractivity contribution in [1.29, 1.82) is 0 Å². The number of carboxylic acid groups (broad SMARTS) is 1. The van der Waals surface area contributed by atoms with E-state index in [9.17, 15) is 22.8 Å².